The summed E-state index contributed by atoms with van der Waals surface area (Å²) in [5.74, 6) is -1.46. The van der Waals surface area contributed by atoms with Gasteiger partial charge in [0.1, 0.15) is 18.4 Å². The van der Waals surface area contributed by atoms with Gasteiger partial charge in [-0.2, -0.15) is 0 Å². The van der Waals surface area contributed by atoms with Gasteiger partial charge < -0.3 is 10.2 Å². The van der Waals surface area contributed by atoms with Crippen molar-refractivity contribution < 1.29 is 22.4 Å². The number of hydrogen-bond acceptors (Lipinski definition) is 4. The summed E-state index contributed by atoms with van der Waals surface area (Å²) in [6, 6.07) is 28.9. The molecule has 4 rings (SSSR count). The molecule has 4 aromatic rings. The zero-order valence-corrected chi connectivity index (χ0v) is 26.0. The Morgan fingerprint density at radius 1 is 0.818 bits per heavy atom. The minimum absolute atomic E-state index is 0.0867. The first kappa shape index (κ1) is 32.4. The van der Waals surface area contributed by atoms with Crippen LogP contribution < -0.4 is 9.62 Å². The summed E-state index contributed by atoms with van der Waals surface area (Å²) in [6.07, 6.45) is 0.935. The third kappa shape index (κ3) is 8.32. The number of benzene rings is 4. The van der Waals surface area contributed by atoms with Crippen LogP contribution in [0, 0.1) is 12.7 Å². The van der Waals surface area contributed by atoms with Gasteiger partial charge in [0.15, 0.2) is 0 Å². The molecule has 0 fully saturated rings. The largest absolute Gasteiger partial charge is 0.352 e. The number of carbonyl (C=O) groups is 2. The first-order valence-corrected chi connectivity index (χ1v) is 16.0. The highest BCUT2D eigenvalue weighted by Crippen LogP contribution is 2.26. The van der Waals surface area contributed by atoms with Gasteiger partial charge >= 0.3 is 0 Å². The summed E-state index contributed by atoms with van der Waals surface area (Å²) in [4.78, 5) is 29.5. The Labute approximate surface area is 259 Å². The zero-order valence-electron chi connectivity index (χ0n) is 25.2. The van der Waals surface area contributed by atoms with Crippen molar-refractivity contribution in [2.45, 2.75) is 57.1 Å². The molecule has 0 radical (unpaired) electrons. The molecule has 0 unspecified atom stereocenters. The Kier molecular flexibility index (Phi) is 10.9. The van der Waals surface area contributed by atoms with Gasteiger partial charge in [-0.3, -0.25) is 13.9 Å². The Balaban J connectivity index is 1.79. The number of nitrogens with zero attached hydrogens (tertiary/aromatic N) is 2. The maximum atomic E-state index is 14.4. The second-order valence-corrected chi connectivity index (χ2v) is 12.7. The molecular formula is C35H38FN3O4S. The fraction of sp³-hybridized carbons (Fsp3) is 0.257. The normalized spacial score (nSPS) is 12.6. The molecule has 230 valence electrons. The predicted octanol–water partition coefficient (Wildman–Crippen LogP) is 5.88. The van der Waals surface area contributed by atoms with Gasteiger partial charge in [-0.1, -0.05) is 85.3 Å². The molecule has 9 heteroatoms. The van der Waals surface area contributed by atoms with E-state index in [2.05, 4.69) is 5.32 Å². The summed E-state index contributed by atoms with van der Waals surface area (Å²) in [7, 11) is -4.29. The van der Waals surface area contributed by atoms with Crippen LogP contribution >= 0.6 is 0 Å². The molecule has 1 N–H and O–H groups in total. The monoisotopic (exact) mass is 615 g/mol. The van der Waals surface area contributed by atoms with E-state index in [0.717, 1.165) is 33.1 Å². The number of carbonyl (C=O) groups excluding carboxylic acids is 2. The van der Waals surface area contributed by atoms with Crippen molar-refractivity contribution in [1.29, 1.82) is 0 Å². The lowest BCUT2D eigenvalue weighted by Crippen LogP contribution is -2.54. The SMILES string of the molecule is CC[C@@H](C)NC(=O)[C@@H](Cc1ccccc1)N(Cc1ccccc1)C(=O)CN(c1ccc(C)cc1)S(=O)(=O)c1ccc(F)cc1. The second kappa shape index (κ2) is 14.8. The molecule has 0 bridgehead atoms. The van der Waals surface area contributed by atoms with Crippen LogP contribution in [0.2, 0.25) is 0 Å². The van der Waals surface area contributed by atoms with Gasteiger partial charge in [-0.15, -0.1) is 0 Å². The smallest absolute Gasteiger partial charge is 0.264 e. The molecule has 0 heterocycles. The number of sulfonamides is 1. The van der Waals surface area contributed by atoms with Crippen LogP contribution in [0.25, 0.3) is 0 Å². The van der Waals surface area contributed by atoms with Crippen molar-refractivity contribution >= 4 is 27.5 Å². The lowest BCUT2D eigenvalue weighted by Gasteiger charge is -2.34. The van der Waals surface area contributed by atoms with Crippen LogP contribution in [0.3, 0.4) is 0 Å². The molecule has 4 aromatic carbocycles. The Bertz CT molecular complexity index is 1630. The minimum atomic E-state index is -4.29. The quantitative estimate of drug-likeness (QED) is 0.203. The van der Waals surface area contributed by atoms with Gasteiger partial charge in [0, 0.05) is 19.0 Å². The average Bonchev–Trinajstić information content (AvgIpc) is 3.03. The van der Waals surface area contributed by atoms with Crippen LogP contribution in [-0.2, 0) is 32.6 Å². The fourth-order valence-corrected chi connectivity index (χ4v) is 6.16. The summed E-state index contributed by atoms with van der Waals surface area (Å²) < 4.78 is 42.7. The van der Waals surface area contributed by atoms with Crippen LogP contribution in [0.15, 0.2) is 114 Å². The lowest BCUT2D eigenvalue weighted by molar-refractivity contribution is -0.140. The van der Waals surface area contributed by atoms with Crippen LogP contribution in [0.4, 0.5) is 10.1 Å². The fourth-order valence-electron chi connectivity index (χ4n) is 4.75. The van der Waals surface area contributed by atoms with E-state index in [0.29, 0.717) is 6.42 Å². The molecule has 2 amide bonds. The minimum Gasteiger partial charge on any atom is -0.352 e. The highest BCUT2D eigenvalue weighted by molar-refractivity contribution is 7.92. The molecule has 0 aliphatic rings. The van der Waals surface area contributed by atoms with Crippen molar-refractivity contribution in [3.8, 4) is 0 Å². The standard InChI is InChI=1S/C35H38FN3O4S/c1-4-27(3)37-35(41)33(23-28-11-7-5-8-12-28)38(24-29-13-9-6-10-14-29)34(40)25-39(31-19-15-26(2)16-20-31)44(42,43)32-21-17-30(36)18-22-32/h5-22,27,33H,4,23-25H2,1-3H3,(H,37,41)/t27-,33-/m1/s1. The number of nitrogens with one attached hydrogen (secondary N) is 1. The van der Waals surface area contributed by atoms with Gasteiger partial charge in [0.25, 0.3) is 10.0 Å². The Morgan fingerprint density at radius 3 is 1.95 bits per heavy atom. The topological polar surface area (TPSA) is 86.8 Å². The van der Waals surface area contributed by atoms with Crippen molar-refractivity contribution in [3.05, 3.63) is 132 Å². The molecule has 0 aliphatic carbocycles. The van der Waals surface area contributed by atoms with Crippen molar-refractivity contribution in [1.82, 2.24) is 10.2 Å². The van der Waals surface area contributed by atoms with E-state index in [1.807, 2.05) is 81.4 Å². The van der Waals surface area contributed by atoms with Crippen LogP contribution in [0.5, 0.6) is 0 Å². The van der Waals surface area contributed by atoms with E-state index in [1.165, 1.54) is 17.0 Å². The van der Waals surface area contributed by atoms with Gasteiger partial charge in [0.05, 0.1) is 10.6 Å². The molecule has 7 nitrogen and oxygen atoms in total. The van der Waals surface area contributed by atoms with E-state index in [-0.39, 0.29) is 35.5 Å². The van der Waals surface area contributed by atoms with Gasteiger partial charge in [-0.25, -0.2) is 12.8 Å². The molecule has 44 heavy (non-hydrogen) atoms. The van der Waals surface area contributed by atoms with Crippen molar-refractivity contribution in [2.75, 3.05) is 10.8 Å². The Hall–Kier alpha value is -4.50. The molecular weight excluding hydrogens is 577 g/mol. The van der Waals surface area contributed by atoms with Gasteiger partial charge in [-0.05, 0) is 67.8 Å². The van der Waals surface area contributed by atoms with Crippen molar-refractivity contribution in [3.63, 3.8) is 0 Å². The molecule has 0 saturated heterocycles. The van der Waals surface area contributed by atoms with E-state index < -0.39 is 34.3 Å². The molecule has 0 aromatic heterocycles. The maximum absolute atomic E-state index is 14.4. The third-order valence-electron chi connectivity index (χ3n) is 7.47. The van der Waals surface area contributed by atoms with Gasteiger partial charge in [0.2, 0.25) is 11.8 Å². The summed E-state index contributed by atoms with van der Waals surface area (Å²) >= 11 is 0. The first-order valence-electron chi connectivity index (χ1n) is 14.6. The van der Waals surface area contributed by atoms with E-state index in [4.69, 9.17) is 0 Å². The number of anilines is 1. The first-order chi connectivity index (χ1) is 21.1. The van der Waals surface area contributed by atoms with E-state index in [9.17, 15) is 22.4 Å². The molecule has 0 spiro atoms. The number of aryl methyl sites for hydroxylation is 1. The highest BCUT2D eigenvalue weighted by Gasteiger charge is 2.35. The number of amides is 2. The zero-order chi connectivity index (χ0) is 31.7. The maximum Gasteiger partial charge on any atom is 0.264 e. The number of hydrogen-bond donors (Lipinski definition) is 1. The highest BCUT2D eigenvalue weighted by atomic mass is 32.2. The average molecular weight is 616 g/mol. The van der Waals surface area contributed by atoms with Crippen molar-refractivity contribution in [2.24, 2.45) is 0 Å². The Morgan fingerprint density at radius 2 is 1.39 bits per heavy atom. The second-order valence-electron chi connectivity index (χ2n) is 10.8. The molecule has 2 atom stereocenters. The van der Waals surface area contributed by atoms with Crippen LogP contribution in [0.1, 0.15) is 37.0 Å². The van der Waals surface area contributed by atoms with Crippen LogP contribution in [-0.4, -0.2) is 43.8 Å². The molecule has 0 aliphatic heterocycles. The summed E-state index contributed by atoms with van der Waals surface area (Å²) in [5.41, 5.74) is 2.83. The van der Waals surface area contributed by atoms with E-state index in [1.54, 1.807) is 24.3 Å². The summed E-state index contributed by atoms with van der Waals surface area (Å²) in [6.45, 7) is 5.25. The lowest BCUT2D eigenvalue weighted by atomic mass is 10.0. The third-order valence-corrected chi connectivity index (χ3v) is 9.26. The van der Waals surface area contributed by atoms with E-state index >= 15 is 0 Å². The number of rotatable bonds is 13. The molecule has 0 saturated carbocycles. The number of halogens is 1. The predicted molar refractivity (Wildman–Crippen MR) is 171 cm³/mol. The summed E-state index contributed by atoms with van der Waals surface area (Å²) in [5, 5.41) is 3.02.